The van der Waals surface area contributed by atoms with Crippen LogP contribution < -0.4 is 0 Å². The molecule has 3 aromatic rings. The standard InChI is InChI=1S/C23H20N2.C3H8/c1-4-17-12-14-20(15-13-17)22-16-21(19-10-8-7-9-11-19)24-23(25-22)18(5-2)6-3;1-3-2/h4-16H,1-2H2,3H3;3H2,1-2H3/b18-6+;. The van der Waals surface area contributed by atoms with Gasteiger partial charge in [-0.1, -0.05) is 106 Å². The van der Waals surface area contributed by atoms with Crippen LogP contribution in [0.5, 0.6) is 0 Å². The second kappa shape index (κ2) is 10.8. The third-order valence-electron chi connectivity index (χ3n) is 4.03. The minimum absolute atomic E-state index is 0.682. The predicted molar refractivity (Wildman–Crippen MR) is 123 cm³/mol. The summed E-state index contributed by atoms with van der Waals surface area (Å²) < 4.78 is 0. The van der Waals surface area contributed by atoms with E-state index in [-0.39, 0.29) is 0 Å². The first-order valence-corrected chi connectivity index (χ1v) is 9.63. The highest BCUT2D eigenvalue weighted by molar-refractivity contribution is 5.75. The third-order valence-corrected chi connectivity index (χ3v) is 4.03. The van der Waals surface area contributed by atoms with E-state index >= 15 is 0 Å². The molecule has 0 spiro atoms. The van der Waals surface area contributed by atoms with Gasteiger partial charge >= 0.3 is 0 Å². The van der Waals surface area contributed by atoms with Crippen molar-refractivity contribution in [1.29, 1.82) is 0 Å². The molecule has 142 valence electrons. The van der Waals surface area contributed by atoms with E-state index in [0.29, 0.717) is 5.82 Å². The van der Waals surface area contributed by atoms with Gasteiger partial charge in [0.25, 0.3) is 0 Å². The Labute approximate surface area is 169 Å². The maximum atomic E-state index is 4.75. The SMILES string of the molecule is C=C/C(=C\C)c1nc(-c2ccccc2)cc(-c2ccc(C=C)cc2)n1.CCC. The van der Waals surface area contributed by atoms with Gasteiger partial charge in [0.05, 0.1) is 11.4 Å². The van der Waals surface area contributed by atoms with Crippen LogP contribution in [0.15, 0.2) is 86.0 Å². The van der Waals surface area contributed by atoms with E-state index in [9.17, 15) is 0 Å². The highest BCUT2D eigenvalue weighted by Crippen LogP contribution is 2.26. The van der Waals surface area contributed by atoms with Crippen molar-refractivity contribution in [1.82, 2.24) is 9.97 Å². The second-order valence-electron chi connectivity index (χ2n) is 6.31. The van der Waals surface area contributed by atoms with Crippen molar-refractivity contribution >= 4 is 11.6 Å². The lowest BCUT2D eigenvalue weighted by Gasteiger charge is -2.09. The van der Waals surface area contributed by atoms with Crippen molar-refractivity contribution in [3.63, 3.8) is 0 Å². The van der Waals surface area contributed by atoms with Gasteiger partial charge in [-0.2, -0.15) is 0 Å². The summed E-state index contributed by atoms with van der Waals surface area (Å²) in [5, 5.41) is 0. The lowest BCUT2D eigenvalue weighted by molar-refractivity contribution is 1.09. The molecule has 0 unspecified atom stereocenters. The molecular weight excluding hydrogens is 340 g/mol. The van der Waals surface area contributed by atoms with E-state index in [2.05, 4.69) is 51.3 Å². The maximum absolute atomic E-state index is 4.75. The molecule has 1 heterocycles. The van der Waals surface area contributed by atoms with Crippen molar-refractivity contribution in [2.75, 3.05) is 0 Å². The Balaban J connectivity index is 0.000000878. The van der Waals surface area contributed by atoms with Crippen LogP contribution in [0.2, 0.25) is 0 Å². The third kappa shape index (κ3) is 5.37. The topological polar surface area (TPSA) is 25.8 Å². The summed E-state index contributed by atoms with van der Waals surface area (Å²) in [5.41, 5.74) is 5.90. The van der Waals surface area contributed by atoms with Crippen molar-refractivity contribution in [3.8, 4) is 22.5 Å². The highest BCUT2D eigenvalue weighted by Gasteiger charge is 2.10. The van der Waals surface area contributed by atoms with Crippen LogP contribution in [0, 0.1) is 0 Å². The molecule has 0 aliphatic carbocycles. The van der Waals surface area contributed by atoms with Gasteiger partial charge < -0.3 is 0 Å². The van der Waals surface area contributed by atoms with E-state index in [1.54, 1.807) is 6.08 Å². The Hall–Kier alpha value is -3.26. The minimum atomic E-state index is 0.682. The smallest absolute Gasteiger partial charge is 0.160 e. The Morgan fingerprint density at radius 2 is 1.39 bits per heavy atom. The molecule has 1 aromatic heterocycles. The van der Waals surface area contributed by atoms with Crippen LogP contribution in [-0.2, 0) is 0 Å². The molecule has 2 aromatic carbocycles. The van der Waals surface area contributed by atoms with Gasteiger partial charge in [-0.3, -0.25) is 0 Å². The lowest BCUT2D eigenvalue weighted by atomic mass is 10.1. The van der Waals surface area contributed by atoms with Gasteiger partial charge in [-0.15, -0.1) is 0 Å². The average molecular weight is 369 g/mol. The zero-order chi connectivity index (χ0) is 20.4. The first-order valence-electron chi connectivity index (χ1n) is 9.63. The summed E-state index contributed by atoms with van der Waals surface area (Å²) in [6.45, 7) is 13.9. The molecule has 0 saturated heterocycles. The largest absolute Gasteiger partial charge is 0.228 e. The molecule has 3 rings (SSSR count). The number of benzene rings is 2. The van der Waals surface area contributed by atoms with Crippen LogP contribution in [-0.4, -0.2) is 9.97 Å². The summed E-state index contributed by atoms with van der Waals surface area (Å²) in [6, 6.07) is 20.4. The molecule has 0 aliphatic rings. The molecule has 2 heteroatoms. The minimum Gasteiger partial charge on any atom is -0.228 e. The Kier molecular flexibility index (Phi) is 8.11. The van der Waals surface area contributed by atoms with Crippen LogP contribution in [0.1, 0.15) is 38.6 Å². The zero-order valence-corrected chi connectivity index (χ0v) is 17.0. The number of hydrogen-bond donors (Lipinski definition) is 0. The fourth-order valence-corrected chi connectivity index (χ4v) is 2.61. The summed E-state index contributed by atoms with van der Waals surface area (Å²) in [7, 11) is 0. The van der Waals surface area contributed by atoms with Crippen molar-refractivity contribution in [2.24, 2.45) is 0 Å². The number of nitrogens with zero attached hydrogens (tertiary/aromatic N) is 2. The Bertz CT molecular complexity index is 936. The monoisotopic (exact) mass is 368 g/mol. The fraction of sp³-hybridized carbons (Fsp3) is 0.154. The molecule has 0 atom stereocenters. The lowest BCUT2D eigenvalue weighted by Crippen LogP contribution is -1.98. The zero-order valence-electron chi connectivity index (χ0n) is 17.0. The summed E-state index contributed by atoms with van der Waals surface area (Å²) in [4.78, 5) is 9.49. The van der Waals surface area contributed by atoms with Crippen molar-refractivity contribution < 1.29 is 0 Å². The second-order valence-corrected chi connectivity index (χ2v) is 6.31. The van der Waals surface area contributed by atoms with Gasteiger partial charge in [0.2, 0.25) is 0 Å². The summed E-state index contributed by atoms with van der Waals surface area (Å²) >= 11 is 0. The molecular formula is C26H28N2. The van der Waals surface area contributed by atoms with Crippen LogP contribution in [0.4, 0.5) is 0 Å². The van der Waals surface area contributed by atoms with E-state index in [1.165, 1.54) is 6.42 Å². The highest BCUT2D eigenvalue weighted by atomic mass is 14.9. The van der Waals surface area contributed by atoms with E-state index in [1.807, 2.05) is 55.5 Å². The van der Waals surface area contributed by atoms with E-state index in [0.717, 1.165) is 33.7 Å². The van der Waals surface area contributed by atoms with Crippen LogP contribution in [0.25, 0.3) is 34.2 Å². The van der Waals surface area contributed by atoms with Gasteiger partial charge in [0, 0.05) is 16.7 Å². The number of allylic oxidation sites excluding steroid dienone is 3. The summed E-state index contributed by atoms with van der Waals surface area (Å²) in [6.07, 6.45) is 6.84. The molecule has 0 bridgehead atoms. The molecule has 0 fully saturated rings. The molecule has 0 N–H and O–H groups in total. The number of aromatic nitrogens is 2. The number of rotatable bonds is 5. The van der Waals surface area contributed by atoms with Gasteiger partial charge in [0.15, 0.2) is 5.82 Å². The predicted octanol–water partition coefficient (Wildman–Crippen LogP) is 7.46. The molecule has 0 amide bonds. The summed E-state index contributed by atoms with van der Waals surface area (Å²) in [5.74, 6) is 0.682. The van der Waals surface area contributed by atoms with Gasteiger partial charge in [-0.05, 0) is 18.6 Å². The first-order chi connectivity index (χ1) is 13.7. The van der Waals surface area contributed by atoms with Crippen molar-refractivity contribution in [3.05, 3.63) is 97.4 Å². The van der Waals surface area contributed by atoms with E-state index in [4.69, 9.17) is 9.97 Å². The molecule has 2 nitrogen and oxygen atoms in total. The quantitative estimate of drug-likeness (QED) is 0.437. The maximum Gasteiger partial charge on any atom is 0.160 e. The Morgan fingerprint density at radius 3 is 1.86 bits per heavy atom. The first kappa shape index (κ1) is 21.0. The average Bonchev–Trinajstić information content (AvgIpc) is 2.76. The molecule has 0 saturated carbocycles. The fourth-order valence-electron chi connectivity index (χ4n) is 2.61. The Morgan fingerprint density at radius 1 is 0.857 bits per heavy atom. The normalized spacial score (nSPS) is 10.6. The molecule has 0 aliphatic heterocycles. The molecule has 28 heavy (non-hydrogen) atoms. The molecule has 0 radical (unpaired) electrons. The van der Waals surface area contributed by atoms with Crippen LogP contribution in [0.3, 0.4) is 0 Å². The van der Waals surface area contributed by atoms with E-state index < -0.39 is 0 Å². The van der Waals surface area contributed by atoms with Gasteiger partial charge in [0.1, 0.15) is 0 Å². The number of hydrogen-bond acceptors (Lipinski definition) is 2. The van der Waals surface area contributed by atoms with Gasteiger partial charge in [-0.25, -0.2) is 9.97 Å². The van der Waals surface area contributed by atoms with Crippen LogP contribution >= 0.6 is 0 Å². The van der Waals surface area contributed by atoms with Crippen molar-refractivity contribution in [2.45, 2.75) is 27.2 Å².